The van der Waals surface area contributed by atoms with Crippen molar-refractivity contribution in [2.45, 2.75) is 89.6 Å². The molecule has 45 heavy (non-hydrogen) atoms. The maximum absolute atomic E-state index is 7.99. The Bertz CT molecular complexity index is 1780. The van der Waals surface area contributed by atoms with Gasteiger partial charge in [-0.25, -0.2) is 0 Å². The molecule has 1 unspecified atom stereocenters. The molecule has 0 N–H and O–H groups in total. The summed E-state index contributed by atoms with van der Waals surface area (Å²) in [5.41, 5.74) is 13.9. The number of fused-ring (bicyclic) bond motifs is 4. The molecule has 0 fully saturated rings. The third kappa shape index (κ3) is 5.97. The van der Waals surface area contributed by atoms with Crippen molar-refractivity contribution in [1.82, 2.24) is 0 Å². The molecule has 0 bridgehead atoms. The van der Waals surface area contributed by atoms with Gasteiger partial charge in [-0.3, -0.25) is 0 Å². The quantitative estimate of drug-likeness (QED) is 0.153. The summed E-state index contributed by atoms with van der Waals surface area (Å²) in [6.45, 7) is 20.9. The van der Waals surface area contributed by atoms with E-state index in [1.165, 1.54) is 69.3 Å². The minimum atomic E-state index is -4.05. The molecule has 4 heteroatoms. The van der Waals surface area contributed by atoms with Crippen LogP contribution in [0.3, 0.4) is 0 Å². The molecule has 1 heterocycles. The van der Waals surface area contributed by atoms with Gasteiger partial charge in [-0.2, -0.15) is 0 Å². The van der Waals surface area contributed by atoms with Gasteiger partial charge < -0.3 is 0 Å². The number of aryl methyl sites for hydroxylation is 1. The Morgan fingerprint density at radius 2 is 1.44 bits per heavy atom. The molecule has 6 rings (SSSR count). The fraction of sp³-hybridized carbons (Fsp3) is 0.366. The van der Waals surface area contributed by atoms with Gasteiger partial charge in [0.2, 0.25) is 0 Å². The van der Waals surface area contributed by atoms with E-state index in [1.54, 1.807) is 0 Å². The summed E-state index contributed by atoms with van der Waals surface area (Å²) in [7, 11) is 15.3. The number of hydrogen-bond acceptors (Lipinski definition) is 0. The van der Waals surface area contributed by atoms with Crippen molar-refractivity contribution in [3.63, 3.8) is 0 Å². The molecule has 0 radical (unpaired) electrons. The standard InChI is InChI=1S/C29H39.C12H9Si.2ClH.Zr/c1-10-11-20-12-13-21-14-22(19(2)3)17-26(21)27(20)23-15-24(28(4,5)6)18-25(16-23)29(7,8)9;1-3-7-11-9(5-1)10-6-2-4-8-12(10)13-11;;;/h12-19H,10-11H2,1-9H3;1-7H,13H2;2*1H;/q;;;;+2/p-2. The number of rotatable bonds is 6. The summed E-state index contributed by atoms with van der Waals surface area (Å²) < 4.78 is 1.39. The van der Waals surface area contributed by atoms with E-state index in [2.05, 4.69) is 141 Å². The molecule has 0 nitrogen and oxygen atoms in total. The van der Waals surface area contributed by atoms with Gasteiger partial charge in [0, 0.05) is 0 Å². The zero-order chi connectivity index (χ0) is 32.5. The summed E-state index contributed by atoms with van der Waals surface area (Å²) in [5.74, 6) is 0.357. The third-order valence-corrected chi connectivity index (χ3v) is 24.3. The molecule has 1 atom stereocenters. The zero-order valence-corrected chi connectivity index (χ0v) is 33.9. The molecule has 4 aromatic rings. The molecule has 0 saturated heterocycles. The van der Waals surface area contributed by atoms with Crippen molar-refractivity contribution in [2.75, 3.05) is 0 Å². The van der Waals surface area contributed by atoms with E-state index in [9.17, 15) is 0 Å². The Hall–Kier alpha value is -1.70. The van der Waals surface area contributed by atoms with Crippen LogP contribution in [0.5, 0.6) is 0 Å². The van der Waals surface area contributed by atoms with Crippen LogP contribution in [-0.2, 0) is 35.1 Å². The van der Waals surface area contributed by atoms with Crippen LogP contribution in [0.2, 0.25) is 0 Å². The van der Waals surface area contributed by atoms with Crippen LogP contribution >= 0.6 is 17.0 Å². The van der Waals surface area contributed by atoms with E-state index in [-0.39, 0.29) is 14.5 Å². The first-order valence-electron chi connectivity index (χ1n) is 16.7. The zero-order valence-electron chi connectivity index (χ0n) is 28.5. The number of allylic oxidation sites excluding steroid dienone is 1. The van der Waals surface area contributed by atoms with Gasteiger partial charge in [0.15, 0.2) is 0 Å². The van der Waals surface area contributed by atoms with Gasteiger partial charge in [0.05, 0.1) is 0 Å². The molecule has 1 aliphatic carbocycles. The first-order chi connectivity index (χ1) is 21.1. The molecule has 4 aromatic carbocycles. The molecule has 0 saturated carbocycles. The maximum atomic E-state index is 7.99. The second-order valence-electron chi connectivity index (χ2n) is 15.7. The van der Waals surface area contributed by atoms with Crippen molar-refractivity contribution in [3.8, 4) is 22.3 Å². The van der Waals surface area contributed by atoms with Crippen LogP contribution in [0, 0.1) is 5.92 Å². The number of benzene rings is 4. The van der Waals surface area contributed by atoms with Gasteiger partial charge in [-0.1, -0.05) is 0 Å². The van der Waals surface area contributed by atoms with Gasteiger partial charge in [-0.15, -0.1) is 0 Å². The Morgan fingerprint density at radius 1 is 0.800 bits per heavy atom. The summed E-state index contributed by atoms with van der Waals surface area (Å²) in [6, 6.07) is 27.9. The molecular formula is C41H48Cl2SiZr. The van der Waals surface area contributed by atoms with Crippen molar-refractivity contribution in [2.24, 2.45) is 5.92 Å². The van der Waals surface area contributed by atoms with Crippen LogP contribution in [0.4, 0.5) is 0 Å². The Labute approximate surface area is 286 Å². The molecular weight excluding hydrogens is 683 g/mol. The van der Waals surface area contributed by atoms with Crippen LogP contribution < -0.4 is 13.6 Å². The monoisotopic (exact) mass is 728 g/mol. The molecule has 0 amide bonds. The minimum absolute atomic E-state index is 0.0490. The first kappa shape index (κ1) is 33.2. The summed E-state index contributed by atoms with van der Waals surface area (Å²) in [4.78, 5) is 0. The van der Waals surface area contributed by atoms with Gasteiger partial charge in [-0.05, 0) is 0 Å². The average Bonchev–Trinajstić information content (AvgIpc) is 3.55. The predicted molar refractivity (Wildman–Crippen MR) is 200 cm³/mol. The van der Waals surface area contributed by atoms with Gasteiger partial charge in [0.25, 0.3) is 0 Å². The molecule has 0 spiro atoms. The first-order valence-corrected chi connectivity index (χ1v) is 27.1. The normalized spacial score (nSPS) is 16.6. The molecule has 1 aliphatic heterocycles. The predicted octanol–water partition coefficient (Wildman–Crippen LogP) is 9.88. The number of hydrogen-bond donors (Lipinski definition) is 0. The SMILES string of the molecule is CCCc1ccc2c(c1-c1cc(C(C)(C)C)cc(C(C)(C)C)c1)C=C(C(C)C)[CH]2[Zr]([Cl])([Cl])[c]1cccc2c1[SiH2]c1ccccc1-2. The van der Waals surface area contributed by atoms with E-state index in [0.717, 1.165) is 12.8 Å². The van der Waals surface area contributed by atoms with Crippen molar-refractivity contribution < 1.29 is 17.9 Å². The Balaban J connectivity index is 1.58. The van der Waals surface area contributed by atoms with Crippen LogP contribution in [-0.4, -0.2) is 9.52 Å². The second-order valence-corrected chi connectivity index (χ2v) is 31.5. The fourth-order valence-corrected chi connectivity index (χ4v) is 24.5. The summed E-state index contributed by atoms with van der Waals surface area (Å²) >= 11 is -4.05. The number of halogens is 2. The molecule has 234 valence electrons. The van der Waals surface area contributed by atoms with E-state index in [1.807, 2.05) is 0 Å². The summed E-state index contributed by atoms with van der Waals surface area (Å²) in [5, 5.41) is 3.01. The second kappa shape index (κ2) is 12.1. The van der Waals surface area contributed by atoms with Crippen molar-refractivity contribution in [1.29, 1.82) is 0 Å². The average molecular weight is 731 g/mol. The van der Waals surface area contributed by atoms with Crippen LogP contribution in [0.15, 0.2) is 78.4 Å². The van der Waals surface area contributed by atoms with E-state index in [4.69, 9.17) is 17.0 Å². The Morgan fingerprint density at radius 3 is 2.07 bits per heavy atom. The van der Waals surface area contributed by atoms with E-state index in [0.29, 0.717) is 5.92 Å². The Kier molecular flexibility index (Phi) is 8.91. The van der Waals surface area contributed by atoms with Crippen molar-refractivity contribution in [3.05, 3.63) is 106 Å². The van der Waals surface area contributed by atoms with E-state index >= 15 is 0 Å². The third-order valence-electron chi connectivity index (χ3n) is 10.0. The van der Waals surface area contributed by atoms with Crippen LogP contribution in [0.25, 0.3) is 28.3 Å². The topological polar surface area (TPSA) is 0 Å². The molecule has 2 aliphatic rings. The van der Waals surface area contributed by atoms with Gasteiger partial charge >= 0.3 is 288 Å². The van der Waals surface area contributed by atoms with Gasteiger partial charge in [0.1, 0.15) is 0 Å². The molecule has 0 aromatic heterocycles. The van der Waals surface area contributed by atoms with E-state index < -0.39 is 27.4 Å². The van der Waals surface area contributed by atoms with Crippen molar-refractivity contribution >= 4 is 46.3 Å². The van der Waals surface area contributed by atoms with Crippen LogP contribution in [0.1, 0.15) is 100 Å². The summed E-state index contributed by atoms with van der Waals surface area (Å²) in [6.07, 6.45) is 4.66. The fourth-order valence-electron chi connectivity index (χ4n) is 7.50.